The van der Waals surface area contributed by atoms with Gasteiger partial charge in [-0.15, -0.1) is 0 Å². The van der Waals surface area contributed by atoms with Crippen molar-refractivity contribution >= 4 is 36.0 Å². The Morgan fingerprint density at radius 3 is 1.13 bits per heavy atom. The Morgan fingerprint density at radius 1 is 0.509 bits per heavy atom. The Kier molecular flexibility index (Phi) is 14.7. The number of aromatic amines is 3. The van der Waals surface area contributed by atoms with Crippen LogP contribution < -0.4 is 0 Å². The van der Waals surface area contributed by atoms with E-state index in [-0.39, 0.29) is 13.2 Å². The van der Waals surface area contributed by atoms with Gasteiger partial charge in [0.25, 0.3) is 0 Å². The van der Waals surface area contributed by atoms with Crippen molar-refractivity contribution in [3.63, 3.8) is 0 Å². The van der Waals surface area contributed by atoms with Crippen molar-refractivity contribution in [2.45, 2.75) is 133 Å². The number of H-pyrrole nitrogens is 3. The van der Waals surface area contributed by atoms with Crippen LogP contribution in [0.25, 0.3) is 12.2 Å². The zero-order valence-electron chi connectivity index (χ0n) is 33.7. The molecule has 3 N–H and O–H groups in total. The van der Waals surface area contributed by atoms with Crippen molar-refractivity contribution in [2.75, 3.05) is 13.2 Å². The average Bonchev–Trinajstić information content (AvgIpc) is 3.71. The highest BCUT2D eigenvalue weighted by atomic mass is 16.6. The largest absolute Gasteiger partial charge is 0.463 e. The fourth-order valence-electron chi connectivity index (χ4n) is 6.55. The number of aromatic nitrogens is 3. The molecule has 0 aromatic carbocycles. The average molecular weight is 734 g/mol. The SMILES string of the molecule is CCOC(=O)/C=C/c1c(Cc2[nH]c(C(=O)OC(C)(C)C)c(CC)c2CC)[nH]c(Cc2[nH]c(C(=O)OC(C)(C)C)c(CC)c2CC)c1/C=C/C(=O)OCC. The van der Waals surface area contributed by atoms with Crippen LogP contribution in [0.5, 0.6) is 0 Å². The van der Waals surface area contributed by atoms with Gasteiger partial charge in [-0.05, 0) is 115 Å². The molecule has 0 unspecified atom stereocenters. The predicted octanol–water partition coefficient (Wildman–Crippen LogP) is 8.17. The third kappa shape index (κ3) is 11.1. The van der Waals surface area contributed by atoms with Gasteiger partial charge < -0.3 is 33.9 Å². The molecule has 0 radical (unpaired) electrons. The number of hydrogen-bond donors (Lipinski definition) is 3. The second kappa shape index (κ2) is 18.3. The molecule has 290 valence electrons. The van der Waals surface area contributed by atoms with Gasteiger partial charge in [-0.1, -0.05) is 27.7 Å². The minimum Gasteiger partial charge on any atom is -0.463 e. The molecular formula is C42H59N3O8. The van der Waals surface area contributed by atoms with Crippen LogP contribution in [0.1, 0.15) is 160 Å². The number of nitrogens with one attached hydrogen (secondary N) is 3. The fourth-order valence-corrected chi connectivity index (χ4v) is 6.55. The molecule has 0 amide bonds. The van der Waals surface area contributed by atoms with Crippen LogP contribution in [0.2, 0.25) is 0 Å². The van der Waals surface area contributed by atoms with Gasteiger partial charge in [0.05, 0.1) is 13.2 Å². The maximum absolute atomic E-state index is 13.4. The van der Waals surface area contributed by atoms with Crippen LogP contribution in [-0.4, -0.2) is 63.2 Å². The smallest absolute Gasteiger partial charge is 0.355 e. The van der Waals surface area contributed by atoms with Crippen LogP contribution in [0.3, 0.4) is 0 Å². The lowest BCUT2D eigenvalue weighted by Crippen LogP contribution is -2.24. The number of carbonyl (C=O) groups excluding carboxylic acids is 4. The fraction of sp³-hybridized carbons (Fsp3) is 0.524. The van der Waals surface area contributed by atoms with Crippen LogP contribution in [0.15, 0.2) is 12.2 Å². The predicted molar refractivity (Wildman–Crippen MR) is 207 cm³/mol. The molecule has 11 heteroatoms. The number of ether oxygens (including phenoxy) is 4. The Labute approximate surface area is 314 Å². The number of carbonyl (C=O) groups is 4. The van der Waals surface area contributed by atoms with Crippen molar-refractivity contribution in [3.05, 3.63) is 79.7 Å². The van der Waals surface area contributed by atoms with E-state index in [0.717, 1.165) is 45.0 Å². The summed E-state index contributed by atoms with van der Waals surface area (Å²) < 4.78 is 21.9. The van der Waals surface area contributed by atoms with Gasteiger partial charge in [-0.3, -0.25) is 0 Å². The lowest BCUT2D eigenvalue weighted by atomic mass is 9.98. The summed E-state index contributed by atoms with van der Waals surface area (Å²) in [5, 5.41) is 0. The zero-order chi connectivity index (χ0) is 39.7. The standard InChI is InChI=1S/C42H59N3O8/c1-13-25-27(15-3)37(39(48)52-41(7,8)9)44-31(25)23-33-29(19-21-35(46)50-17-5)30(20-22-36(47)51-18-6)34(43-33)24-32-26(14-2)28(16-4)38(45-32)40(49)53-42(10,11)12/h19-22,43-45H,13-18,23-24H2,1-12H3/b21-19+,22-20+. The summed E-state index contributed by atoms with van der Waals surface area (Å²) in [6.07, 6.45) is 9.37. The summed E-state index contributed by atoms with van der Waals surface area (Å²) in [4.78, 5) is 62.4. The molecule has 11 nitrogen and oxygen atoms in total. The molecule has 0 aliphatic heterocycles. The summed E-state index contributed by atoms with van der Waals surface area (Å²) in [6, 6.07) is 0. The molecule has 0 aliphatic carbocycles. The first-order valence-corrected chi connectivity index (χ1v) is 18.8. The normalized spacial score (nSPS) is 12.2. The molecule has 3 rings (SSSR count). The zero-order valence-corrected chi connectivity index (χ0v) is 33.7. The van der Waals surface area contributed by atoms with Crippen molar-refractivity contribution in [1.82, 2.24) is 15.0 Å². The third-order valence-electron chi connectivity index (χ3n) is 8.53. The summed E-state index contributed by atoms with van der Waals surface area (Å²) >= 11 is 0. The van der Waals surface area contributed by atoms with E-state index in [1.165, 1.54) is 12.2 Å². The van der Waals surface area contributed by atoms with E-state index >= 15 is 0 Å². The molecule has 53 heavy (non-hydrogen) atoms. The molecule has 0 fully saturated rings. The maximum Gasteiger partial charge on any atom is 0.355 e. The van der Waals surface area contributed by atoms with Gasteiger partial charge >= 0.3 is 23.9 Å². The maximum atomic E-state index is 13.4. The highest BCUT2D eigenvalue weighted by molar-refractivity contribution is 5.92. The first-order valence-electron chi connectivity index (χ1n) is 18.8. The molecule has 0 saturated carbocycles. The highest BCUT2D eigenvalue weighted by Gasteiger charge is 2.28. The number of hydrogen-bond acceptors (Lipinski definition) is 8. The van der Waals surface area contributed by atoms with Crippen LogP contribution in [-0.2, 0) is 67.1 Å². The quantitative estimate of drug-likeness (QED) is 0.0758. The van der Waals surface area contributed by atoms with E-state index < -0.39 is 35.1 Å². The monoisotopic (exact) mass is 733 g/mol. The molecule has 0 saturated heterocycles. The molecule has 0 bridgehead atoms. The lowest BCUT2D eigenvalue weighted by Gasteiger charge is -2.19. The van der Waals surface area contributed by atoms with Crippen LogP contribution in [0.4, 0.5) is 0 Å². The summed E-state index contributed by atoms with van der Waals surface area (Å²) in [5.41, 5.74) is 7.80. The van der Waals surface area contributed by atoms with Gasteiger partial charge in [0.15, 0.2) is 0 Å². The first-order chi connectivity index (χ1) is 24.9. The number of rotatable bonds is 16. The van der Waals surface area contributed by atoms with E-state index in [9.17, 15) is 19.2 Å². The summed E-state index contributed by atoms with van der Waals surface area (Å²) in [5.74, 6) is -1.87. The topological polar surface area (TPSA) is 153 Å². The van der Waals surface area contributed by atoms with Gasteiger partial charge in [0.1, 0.15) is 22.6 Å². The molecule has 0 spiro atoms. The molecule has 0 aliphatic rings. The summed E-state index contributed by atoms with van der Waals surface area (Å²) in [6.45, 7) is 23.0. The Hall–Kier alpha value is -4.80. The molecule has 3 aromatic heterocycles. The second-order valence-corrected chi connectivity index (χ2v) is 14.7. The van der Waals surface area contributed by atoms with E-state index in [0.29, 0.717) is 61.0 Å². The van der Waals surface area contributed by atoms with Crippen molar-refractivity contribution in [2.24, 2.45) is 0 Å². The Morgan fingerprint density at radius 2 is 0.849 bits per heavy atom. The first kappa shape index (κ1) is 42.6. The van der Waals surface area contributed by atoms with Gasteiger partial charge in [0, 0.05) is 58.9 Å². The second-order valence-electron chi connectivity index (χ2n) is 14.7. The third-order valence-corrected chi connectivity index (χ3v) is 8.53. The van der Waals surface area contributed by atoms with Gasteiger partial charge in [-0.25, -0.2) is 19.2 Å². The van der Waals surface area contributed by atoms with E-state index in [1.54, 1.807) is 26.0 Å². The minimum absolute atomic E-state index is 0.214. The number of esters is 4. The molecule has 3 heterocycles. The van der Waals surface area contributed by atoms with Crippen molar-refractivity contribution < 1.29 is 38.1 Å². The Bertz CT molecular complexity index is 1710. The lowest BCUT2D eigenvalue weighted by molar-refractivity contribution is -0.138. The Balaban J connectivity index is 2.32. The van der Waals surface area contributed by atoms with E-state index in [2.05, 4.69) is 15.0 Å². The van der Waals surface area contributed by atoms with E-state index in [1.807, 2.05) is 69.2 Å². The van der Waals surface area contributed by atoms with Crippen LogP contribution >= 0.6 is 0 Å². The van der Waals surface area contributed by atoms with Crippen molar-refractivity contribution in [1.29, 1.82) is 0 Å². The van der Waals surface area contributed by atoms with Crippen molar-refractivity contribution in [3.8, 4) is 0 Å². The van der Waals surface area contributed by atoms with E-state index in [4.69, 9.17) is 18.9 Å². The van der Waals surface area contributed by atoms with Gasteiger partial charge in [0.2, 0.25) is 0 Å². The minimum atomic E-state index is -0.671. The van der Waals surface area contributed by atoms with Gasteiger partial charge in [-0.2, -0.15) is 0 Å². The molecule has 3 aromatic rings. The molecule has 0 atom stereocenters. The highest BCUT2D eigenvalue weighted by Crippen LogP contribution is 2.32. The molecular weight excluding hydrogens is 674 g/mol. The van der Waals surface area contributed by atoms with Crippen LogP contribution in [0, 0.1) is 0 Å². The summed E-state index contributed by atoms with van der Waals surface area (Å²) in [7, 11) is 0.